The summed E-state index contributed by atoms with van der Waals surface area (Å²) < 4.78 is 26.7. The van der Waals surface area contributed by atoms with Crippen LogP contribution in [0.2, 0.25) is 10.0 Å². The molecule has 3 rings (SSSR count). The Morgan fingerprint density at radius 2 is 1.67 bits per heavy atom. The summed E-state index contributed by atoms with van der Waals surface area (Å²) in [6.45, 7) is 1.31. The van der Waals surface area contributed by atoms with Crippen LogP contribution in [0.3, 0.4) is 0 Å². The van der Waals surface area contributed by atoms with E-state index in [2.05, 4.69) is 5.32 Å². The van der Waals surface area contributed by atoms with Crippen molar-refractivity contribution in [1.29, 1.82) is 0 Å². The van der Waals surface area contributed by atoms with E-state index in [4.69, 9.17) is 23.2 Å². The van der Waals surface area contributed by atoms with Crippen LogP contribution in [0, 0.1) is 0 Å². The molecule has 9 heteroatoms. The second-order valence-corrected chi connectivity index (χ2v) is 8.86. The molecule has 144 valence electrons. The highest BCUT2D eigenvalue weighted by molar-refractivity contribution is 7.89. The molecular formula is C18H19Cl2N3O3S. The van der Waals surface area contributed by atoms with Gasteiger partial charge in [-0.15, -0.1) is 0 Å². The molecule has 2 aromatic carbocycles. The van der Waals surface area contributed by atoms with E-state index in [-0.39, 0.29) is 30.4 Å². The molecular weight excluding hydrogens is 409 g/mol. The van der Waals surface area contributed by atoms with Gasteiger partial charge in [0.05, 0.1) is 22.2 Å². The lowest BCUT2D eigenvalue weighted by Gasteiger charge is -2.34. The molecule has 1 heterocycles. The average molecular weight is 428 g/mol. The standard InChI is InChI=1S/C18H19Cl2N3O3S/c19-14-6-7-17(16(20)12-14)21-13-18(24)22-8-10-23(11-9-22)27(25,26)15-4-2-1-3-5-15/h1-7,12,21H,8-11,13H2. The molecule has 27 heavy (non-hydrogen) atoms. The number of carbonyl (C=O) groups is 1. The van der Waals surface area contributed by atoms with E-state index in [0.29, 0.717) is 28.8 Å². The van der Waals surface area contributed by atoms with Gasteiger partial charge in [0.15, 0.2) is 0 Å². The van der Waals surface area contributed by atoms with Crippen molar-refractivity contribution in [2.24, 2.45) is 0 Å². The first-order chi connectivity index (χ1) is 12.9. The zero-order valence-electron chi connectivity index (χ0n) is 14.4. The second kappa shape index (κ2) is 8.48. The average Bonchev–Trinajstić information content (AvgIpc) is 2.68. The molecule has 1 aliphatic rings. The van der Waals surface area contributed by atoms with Crippen LogP contribution in [0.1, 0.15) is 0 Å². The van der Waals surface area contributed by atoms with Gasteiger partial charge in [0.1, 0.15) is 0 Å². The van der Waals surface area contributed by atoms with Gasteiger partial charge >= 0.3 is 0 Å². The predicted octanol–water partition coefficient (Wildman–Crippen LogP) is 2.94. The van der Waals surface area contributed by atoms with Gasteiger partial charge in [-0.25, -0.2) is 8.42 Å². The van der Waals surface area contributed by atoms with Gasteiger partial charge in [-0.1, -0.05) is 41.4 Å². The molecule has 0 atom stereocenters. The van der Waals surface area contributed by atoms with Crippen molar-refractivity contribution in [3.63, 3.8) is 0 Å². The van der Waals surface area contributed by atoms with E-state index >= 15 is 0 Å². The molecule has 0 aromatic heterocycles. The van der Waals surface area contributed by atoms with Crippen LogP contribution in [-0.4, -0.2) is 56.3 Å². The third kappa shape index (κ3) is 4.73. The Labute approximate surface area is 168 Å². The van der Waals surface area contributed by atoms with Crippen LogP contribution >= 0.6 is 23.2 Å². The SMILES string of the molecule is O=C(CNc1ccc(Cl)cc1Cl)N1CCN(S(=O)(=O)c2ccccc2)CC1. The van der Waals surface area contributed by atoms with Gasteiger partial charge in [-0.2, -0.15) is 4.31 Å². The van der Waals surface area contributed by atoms with Crippen molar-refractivity contribution in [1.82, 2.24) is 9.21 Å². The van der Waals surface area contributed by atoms with Crippen molar-refractivity contribution in [2.75, 3.05) is 38.0 Å². The minimum absolute atomic E-state index is 0.0762. The molecule has 1 saturated heterocycles. The third-order valence-corrected chi connectivity index (χ3v) is 6.79. The van der Waals surface area contributed by atoms with Crippen molar-refractivity contribution in [3.8, 4) is 0 Å². The Balaban J connectivity index is 1.55. The number of amides is 1. The number of hydrogen-bond donors (Lipinski definition) is 1. The minimum Gasteiger partial charge on any atom is -0.375 e. The Kier molecular flexibility index (Phi) is 6.26. The number of halogens is 2. The fourth-order valence-electron chi connectivity index (χ4n) is 2.83. The first kappa shape index (κ1) is 19.9. The van der Waals surface area contributed by atoms with E-state index in [1.54, 1.807) is 53.4 Å². The van der Waals surface area contributed by atoms with Crippen LogP contribution in [-0.2, 0) is 14.8 Å². The third-order valence-electron chi connectivity index (χ3n) is 4.33. The quantitative estimate of drug-likeness (QED) is 0.795. The summed E-state index contributed by atoms with van der Waals surface area (Å²) in [6.07, 6.45) is 0. The molecule has 0 saturated carbocycles. The van der Waals surface area contributed by atoms with E-state index in [1.165, 1.54) is 4.31 Å². The monoisotopic (exact) mass is 427 g/mol. The topological polar surface area (TPSA) is 69.7 Å². The van der Waals surface area contributed by atoms with Gasteiger partial charge in [-0.05, 0) is 30.3 Å². The minimum atomic E-state index is -3.53. The summed E-state index contributed by atoms with van der Waals surface area (Å²) in [7, 11) is -3.53. The normalized spacial score (nSPS) is 15.6. The fraction of sp³-hybridized carbons (Fsp3) is 0.278. The highest BCUT2D eigenvalue weighted by atomic mass is 35.5. The lowest BCUT2D eigenvalue weighted by molar-refractivity contribution is -0.130. The predicted molar refractivity (Wildman–Crippen MR) is 107 cm³/mol. The van der Waals surface area contributed by atoms with Gasteiger partial charge < -0.3 is 10.2 Å². The number of rotatable bonds is 5. The molecule has 1 fully saturated rings. The number of carbonyl (C=O) groups excluding carboxylic acids is 1. The number of nitrogens with zero attached hydrogens (tertiary/aromatic N) is 2. The summed E-state index contributed by atoms with van der Waals surface area (Å²) >= 11 is 11.9. The first-order valence-electron chi connectivity index (χ1n) is 8.40. The number of piperazine rings is 1. The van der Waals surface area contributed by atoms with Gasteiger partial charge in [0, 0.05) is 31.2 Å². The molecule has 0 aliphatic carbocycles. The number of sulfonamides is 1. The maximum Gasteiger partial charge on any atom is 0.243 e. The maximum atomic E-state index is 12.6. The van der Waals surface area contributed by atoms with Crippen LogP contribution < -0.4 is 5.32 Å². The Hall–Kier alpha value is -1.80. The van der Waals surface area contributed by atoms with Crippen LogP contribution in [0.5, 0.6) is 0 Å². The van der Waals surface area contributed by atoms with E-state index in [0.717, 1.165) is 0 Å². The number of hydrogen-bond acceptors (Lipinski definition) is 4. The molecule has 1 N–H and O–H groups in total. The second-order valence-electron chi connectivity index (χ2n) is 6.08. The highest BCUT2D eigenvalue weighted by Gasteiger charge is 2.29. The molecule has 0 radical (unpaired) electrons. The molecule has 2 aromatic rings. The summed E-state index contributed by atoms with van der Waals surface area (Å²) in [5, 5.41) is 3.95. The van der Waals surface area contributed by atoms with Crippen LogP contribution in [0.4, 0.5) is 5.69 Å². The smallest absolute Gasteiger partial charge is 0.243 e. The van der Waals surface area contributed by atoms with Crippen molar-refractivity contribution >= 4 is 44.8 Å². The summed E-state index contributed by atoms with van der Waals surface area (Å²) in [5.41, 5.74) is 0.625. The zero-order chi connectivity index (χ0) is 19.4. The van der Waals surface area contributed by atoms with E-state index < -0.39 is 10.0 Å². The molecule has 1 aliphatic heterocycles. The van der Waals surface area contributed by atoms with E-state index in [9.17, 15) is 13.2 Å². The number of benzene rings is 2. The Morgan fingerprint density at radius 3 is 2.30 bits per heavy atom. The highest BCUT2D eigenvalue weighted by Crippen LogP contribution is 2.25. The van der Waals surface area contributed by atoms with Crippen molar-refractivity contribution < 1.29 is 13.2 Å². The summed E-state index contributed by atoms with van der Waals surface area (Å²) in [5.74, 6) is -0.113. The largest absolute Gasteiger partial charge is 0.375 e. The van der Waals surface area contributed by atoms with Crippen LogP contribution in [0.25, 0.3) is 0 Å². The summed E-state index contributed by atoms with van der Waals surface area (Å²) in [4.78, 5) is 14.3. The lowest BCUT2D eigenvalue weighted by atomic mass is 10.3. The van der Waals surface area contributed by atoms with Gasteiger partial charge in [0.25, 0.3) is 0 Å². The van der Waals surface area contributed by atoms with Crippen LogP contribution in [0.15, 0.2) is 53.4 Å². The molecule has 6 nitrogen and oxygen atoms in total. The van der Waals surface area contributed by atoms with Gasteiger partial charge in [-0.3, -0.25) is 4.79 Å². The van der Waals surface area contributed by atoms with E-state index in [1.807, 2.05) is 0 Å². The first-order valence-corrected chi connectivity index (χ1v) is 10.6. The molecule has 1 amide bonds. The summed E-state index contributed by atoms with van der Waals surface area (Å²) in [6, 6.07) is 13.3. The van der Waals surface area contributed by atoms with Crippen molar-refractivity contribution in [2.45, 2.75) is 4.90 Å². The zero-order valence-corrected chi connectivity index (χ0v) is 16.8. The maximum absolute atomic E-state index is 12.6. The molecule has 0 unspecified atom stereocenters. The molecule has 0 spiro atoms. The Morgan fingerprint density at radius 1 is 1.00 bits per heavy atom. The van der Waals surface area contributed by atoms with Gasteiger partial charge in [0.2, 0.25) is 15.9 Å². The molecule has 0 bridgehead atoms. The Bertz CT molecular complexity index is 915. The fourth-order valence-corrected chi connectivity index (χ4v) is 4.75. The lowest BCUT2D eigenvalue weighted by Crippen LogP contribution is -2.51. The van der Waals surface area contributed by atoms with Crippen molar-refractivity contribution in [3.05, 3.63) is 58.6 Å². The number of anilines is 1. The number of nitrogens with one attached hydrogen (secondary N) is 1.